The first kappa shape index (κ1) is 21.3. The normalized spacial score (nSPS) is 11.4. The monoisotopic (exact) mass is 418 g/mol. The van der Waals surface area contributed by atoms with Crippen LogP contribution >= 0.6 is 0 Å². The number of alkyl halides is 3. The van der Waals surface area contributed by atoms with Gasteiger partial charge in [0.2, 0.25) is 5.82 Å². The van der Waals surface area contributed by atoms with Crippen LogP contribution in [0.2, 0.25) is 0 Å². The molecule has 30 heavy (non-hydrogen) atoms. The summed E-state index contributed by atoms with van der Waals surface area (Å²) in [7, 11) is 1.62. The topological polar surface area (TPSA) is 75.9 Å². The lowest BCUT2D eigenvalue weighted by Gasteiger charge is -2.19. The van der Waals surface area contributed by atoms with Crippen molar-refractivity contribution in [2.24, 2.45) is 7.05 Å². The van der Waals surface area contributed by atoms with Gasteiger partial charge in [-0.05, 0) is 61.5 Å². The molecule has 1 amide bonds. The maximum atomic E-state index is 12.8. The van der Waals surface area contributed by atoms with Crippen LogP contribution in [-0.2, 0) is 13.2 Å². The second-order valence-electron chi connectivity index (χ2n) is 6.54. The first-order chi connectivity index (χ1) is 14.2. The van der Waals surface area contributed by atoms with E-state index in [1.54, 1.807) is 30.1 Å². The smallest absolute Gasteiger partial charge is 0.355 e. The third kappa shape index (κ3) is 4.58. The van der Waals surface area contributed by atoms with Crippen LogP contribution in [0.15, 0.2) is 42.5 Å². The molecule has 0 fully saturated rings. The van der Waals surface area contributed by atoms with Crippen LogP contribution in [0.1, 0.15) is 29.8 Å². The quantitative estimate of drug-likeness (QED) is 0.652. The number of aryl methyl sites for hydroxylation is 1. The molecule has 3 rings (SSSR count). The summed E-state index contributed by atoms with van der Waals surface area (Å²) in [4.78, 5) is 15.7. The number of nitrogens with one attached hydrogen (secondary N) is 1. The molecule has 0 bridgehead atoms. The minimum absolute atomic E-state index is 0.133. The summed E-state index contributed by atoms with van der Waals surface area (Å²) in [6.45, 7) is 4.93. The van der Waals surface area contributed by atoms with Crippen molar-refractivity contribution in [2.45, 2.75) is 20.0 Å². The lowest BCUT2D eigenvalue weighted by atomic mass is 10.1. The first-order valence-electron chi connectivity index (χ1n) is 9.35. The Labute approximate surface area is 171 Å². The minimum Gasteiger partial charge on any atom is -0.355 e. The Hall–Kier alpha value is -3.43. The second kappa shape index (κ2) is 8.52. The van der Waals surface area contributed by atoms with E-state index >= 15 is 0 Å². The largest absolute Gasteiger partial charge is 0.416 e. The van der Waals surface area contributed by atoms with Crippen molar-refractivity contribution in [3.63, 3.8) is 0 Å². The van der Waals surface area contributed by atoms with Gasteiger partial charge >= 0.3 is 6.18 Å². The Morgan fingerprint density at radius 3 is 2.30 bits per heavy atom. The van der Waals surface area contributed by atoms with Crippen molar-refractivity contribution in [1.82, 2.24) is 25.1 Å². The predicted molar refractivity (Wildman–Crippen MR) is 106 cm³/mol. The molecule has 0 spiro atoms. The molecule has 1 N–H and O–H groups in total. The van der Waals surface area contributed by atoms with Crippen LogP contribution in [0.5, 0.6) is 0 Å². The van der Waals surface area contributed by atoms with Gasteiger partial charge in [-0.2, -0.15) is 18.0 Å². The number of benzene rings is 2. The maximum Gasteiger partial charge on any atom is 0.416 e. The summed E-state index contributed by atoms with van der Waals surface area (Å²) < 4.78 is 38.4. The number of hydrogen-bond donors (Lipinski definition) is 1. The van der Waals surface area contributed by atoms with Crippen LogP contribution in [0.3, 0.4) is 0 Å². The Morgan fingerprint density at radius 2 is 1.77 bits per heavy atom. The second-order valence-corrected chi connectivity index (χ2v) is 6.54. The molecule has 0 atom stereocenters. The molecule has 0 saturated carbocycles. The lowest BCUT2D eigenvalue weighted by Crippen LogP contribution is -2.30. The molecule has 0 aliphatic heterocycles. The molecule has 7 nitrogen and oxygen atoms in total. The zero-order valence-electron chi connectivity index (χ0n) is 16.7. The molecule has 0 aliphatic rings. The highest BCUT2D eigenvalue weighted by atomic mass is 19.4. The van der Waals surface area contributed by atoms with Gasteiger partial charge in [-0.3, -0.25) is 4.79 Å². The standard InChI is InChI=1S/C20H21F3N6O/c1-4-29(5-2)19(30)13-6-11-17(16(12-13)18-25-27-28(3)26-18)24-15-9-7-14(8-10-15)20(21,22)23/h6-12,24H,4-5H2,1-3H3. The number of carbonyl (C=O) groups is 1. The van der Waals surface area contributed by atoms with Gasteiger partial charge in [0.1, 0.15) is 0 Å². The summed E-state index contributed by atoms with van der Waals surface area (Å²) in [6.07, 6.45) is -4.40. The molecule has 1 aromatic heterocycles. The third-order valence-electron chi connectivity index (χ3n) is 4.56. The fourth-order valence-corrected chi connectivity index (χ4v) is 2.95. The van der Waals surface area contributed by atoms with Crippen molar-refractivity contribution in [3.05, 3.63) is 53.6 Å². The lowest BCUT2D eigenvalue weighted by molar-refractivity contribution is -0.137. The van der Waals surface area contributed by atoms with E-state index in [2.05, 4.69) is 20.7 Å². The van der Waals surface area contributed by atoms with Gasteiger partial charge in [-0.15, -0.1) is 10.2 Å². The van der Waals surface area contributed by atoms with Crippen LogP contribution in [-0.4, -0.2) is 44.1 Å². The maximum absolute atomic E-state index is 12.8. The number of halogens is 3. The highest BCUT2D eigenvalue weighted by molar-refractivity contribution is 5.97. The molecule has 0 radical (unpaired) electrons. The van der Waals surface area contributed by atoms with E-state index in [9.17, 15) is 18.0 Å². The van der Waals surface area contributed by atoms with Crippen molar-refractivity contribution < 1.29 is 18.0 Å². The average Bonchev–Trinajstić information content (AvgIpc) is 3.15. The minimum atomic E-state index is -4.40. The molecule has 2 aromatic carbocycles. The van der Waals surface area contributed by atoms with Crippen LogP contribution in [0, 0.1) is 0 Å². The van der Waals surface area contributed by atoms with Crippen LogP contribution in [0.25, 0.3) is 11.4 Å². The molecule has 3 aromatic rings. The zero-order valence-corrected chi connectivity index (χ0v) is 16.7. The Morgan fingerprint density at radius 1 is 1.10 bits per heavy atom. The Bertz CT molecular complexity index is 1030. The highest BCUT2D eigenvalue weighted by Gasteiger charge is 2.30. The van der Waals surface area contributed by atoms with Crippen molar-refractivity contribution in [3.8, 4) is 11.4 Å². The summed E-state index contributed by atoms with van der Waals surface area (Å²) in [5.41, 5.74) is 1.24. The molecule has 0 unspecified atom stereocenters. The Kier molecular flexibility index (Phi) is 6.04. The SMILES string of the molecule is CCN(CC)C(=O)c1ccc(Nc2ccc(C(F)(F)F)cc2)c(-c2nnn(C)n2)c1. The van der Waals surface area contributed by atoms with Crippen molar-refractivity contribution in [1.29, 1.82) is 0 Å². The number of tetrazole rings is 1. The number of rotatable bonds is 6. The van der Waals surface area contributed by atoms with E-state index in [0.717, 1.165) is 12.1 Å². The summed E-state index contributed by atoms with van der Waals surface area (Å²) in [5.74, 6) is 0.160. The Balaban J connectivity index is 1.98. The van der Waals surface area contributed by atoms with Gasteiger partial charge in [-0.1, -0.05) is 0 Å². The van der Waals surface area contributed by atoms with E-state index in [4.69, 9.17) is 0 Å². The molecule has 0 aliphatic carbocycles. The zero-order chi connectivity index (χ0) is 21.9. The van der Waals surface area contributed by atoms with E-state index < -0.39 is 11.7 Å². The third-order valence-corrected chi connectivity index (χ3v) is 4.56. The van der Waals surface area contributed by atoms with E-state index in [1.165, 1.54) is 16.9 Å². The first-order valence-corrected chi connectivity index (χ1v) is 9.35. The molecular formula is C20H21F3N6O. The molecule has 1 heterocycles. The van der Waals surface area contributed by atoms with E-state index in [0.29, 0.717) is 41.4 Å². The molecule has 10 heteroatoms. The molecule has 0 saturated heterocycles. The van der Waals surface area contributed by atoms with Crippen LogP contribution in [0.4, 0.5) is 24.5 Å². The fourth-order valence-electron chi connectivity index (χ4n) is 2.95. The predicted octanol–water partition coefficient (Wildman–Crippen LogP) is 4.12. The van der Waals surface area contributed by atoms with Gasteiger partial charge in [0, 0.05) is 35.6 Å². The average molecular weight is 418 g/mol. The van der Waals surface area contributed by atoms with Gasteiger partial charge in [-0.25, -0.2) is 0 Å². The van der Waals surface area contributed by atoms with Crippen LogP contribution < -0.4 is 5.32 Å². The fraction of sp³-hybridized carbons (Fsp3) is 0.300. The van der Waals surface area contributed by atoms with E-state index in [-0.39, 0.29) is 5.91 Å². The van der Waals surface area contributed by atoms with Gasteiger partial charge < -0.3 is 10.2 Å². The van der Waals surface area contributed by atoms with Crippen molar-refractivity contribution >= 4 is 17.3 Å². The molecule has 158 valence electrons. The van der Waals surface area contributed by atoms with Gasteiger partial charge in [0.05, 0.1) is 12.6 Å². The number of amides is 1. The molecular weight excluding hydrogens is 397 g/mol. The van der Waals surface area contributed by atoms with Gasteiger partial charge in [0.15, 0.2) is 0 Å². The number of hydrogen-bond acceptors (Lipinski definition) is 5. The van der Waals surface area contributed by atoms with Gasteiger partial charge in [0.25, 0.3) is 5.91 Å². The van der Waals surface area contributed by atoms with Crippen molar-refractivity contribution in [2.75, 3.05) is 18.4 Å². The number of aromatic nitrogens is 4. The summed E-state index contributed by atoms with van der Waals surface area (Å²) in [6, 6.07) is 9.68. The number of anilines is 2. The number of carbonyl (C=O) groups excluding carboxylic acids is 1. The number of nitrogens with zero attached hydrogens (tertiary/aromatic N) is 5. The highest BCUT2D eigenvalue weighted by Crippen LogP contribution is 2.32. The summed E-state index contributed by atoms with van der Waals surface area (Å²) >= 11 is 0. The van der Waals surface area contributed by atoms with E-state index in [1.807, 2.05) is 13.8 Å². The summed E-state index contributed by atoms with van der Waals surface area (Å²) in [5, 5.41) is 15.1.